The molecule has 1 aromatic rings. The number of nitrogens with zero attached hydrogens (tertiary/aromatic N) is 1. The fourth-order valence-corrected chi connectivity index (χ4v) is 3.93. The Bertz CT molecular complexity index is 454. The number of benzene rings is 1. The van der Waals surface area contributed by atoms with Gasteiger partial charge >= 0.3 is 0 Å². The molecule has 1 heteroatoms. The van der Waals surface area contributed by atoms with E-state index in [1.807, 2.05) is 12.1 Å². The topological polar surface area (TPSA) is 23.8 Å². The molecule has 2 rings (SSSR count). The Morgan fingerprint density at radius 1 is 1.10 bits per heavy atom. The molecule has 1 aliphatic rings. The molecule has 0 heterocycles. The molecule has 0 aromatic heterocycles. The first kappa shape index (κ1) is 16.1. The van der Waals surface area contributed by atoms with Gasteiger partial charge in [-0.25, -0.2) is 0 Å². The van der Waals surface area contributed by atoms with Crippen LogP contribution < -0.4 is 0 Å². The number of rotatable bonds is 6. The van der Waals surface area contributed by atoms with Gasteiger partial charge < -0.3 is 0 Å². The Kier molecular flexibility index (Phi) is 6.30. The van der Waals surface area contributed by atoms with E-state index in [2.05, 4.69) is 32.0 Å². The number of nitriles is 1. The molecule has 1 saturated carbocycles. The molecule has 1 aliphatic carbocycles. The summed E-state index contributed by atoms with van der Waals surface area (Å²) in [5.74, 6) is 2.43. The Labute approximate surface area is 130 Å². The maximum atomic E-state index is 8.90. The number of hydrogen-bond acceptors (Lipinski definition) is 1. The summed E-state index contributed by atoms with van der Waals surface area (Å²) in [5.41, 5.74) is 2.21. The van der Waals surface area contributed by atoms with Crippen LogP contribution in [0.2, 0.25) is 0 Å². The van der Waals surface area contributed by atoms with Crippen LogP contribution in [0, 0.1) is 23.2 Å². The van der Waals surface area contributed by atoms with Crippen LogP contribution in [0.3, 0.4) is 0 Å². The SMILES string of the molecule is CCCCCCC1CCC(c2ccc(C#N)cc2)C(C)C1. The van der Waals surface area contributed by atoms with Crippen LogP contribution in [-0.2, 0) is 0 Å². The van der Waals surface area contributed by atoms with E-state index in [1.165, 1.54) is 56.9 Å². The van der Waals surface area contributed by atoms with Crippen molar-refractivity contribution in [1.29, 1.82) is 5.26 Å². The summed E-state index contributed by atoms with van der Waals surface area (Å²) < 4.78 is 0. The fourth-order valence-electron chi connectivity index (χ4n) is 3.93. The largest absolute Gasteiger partial charge is 0.192 e. The highest BCUT2D eigenvalue weighted by Crippen LogP contribution is 2.41. The van der Waals surface area contributed by atoms with Crippen molar-refractivity contribution in [2.24, 2.45) is 11.8 Å². The molecule has 114 valence electrons. The quantitative estimate of drug-likeness (QED) is 0.583. The minimum Gasteiger partial charge on any atom is -0.192 e. The van der Waals surface area contributed by atoms with Gasteiger partial charge in [-0.15, -0.1) is 0 Å². The van der Waals surface area contributed by atoms with Gasteiger partial charge in [-0.2, -0.15) is 5.26 Å². The first-order valence-electron chi connectivity index (χ1n) is 8.74. The average Bonchev–Trinajstić information content (AvgIpc) is 2.52. The summed E-state index contributed by atoms with van der Waals surface area (Å²) in [7, 11) is 0. The van der Waals surface area contributed by atoms with E-state index in [1.54, 1.807) is 0 Å². The van der Waals surface area contributed by atoms with Crippen LogP contribution in [0.4, 0.5) is 0 Å². The van der Waals surface area contributed by atoms with Gasteiger partial charge in [0.25, 0.3) is 0 Å². The van der Waals surface area contributed by atoms with E-state index in [0.29, 0.717) is 5.92 Å². The van der Waals surface area contributed by atoms with Gasteiger partial charge in [-0.05, 0) is 54.7 Å². The van der Waals surface area contributed by atoms with Crippen molar-refractivity contribution in [3.8, 4) is 6.07 Å². The first-order valence-corrected chi connectivity index (χ1v) is 8.74. The van der Waals surface area contributed by atoms with Crippen LogP contribution in [0.1, 0.15) is 82.3 Å². The van der Waals surface area contributed by atoms with Gasteiger partial charge in [0, 0.05) is 0 Å². The molecule has 1 aromatic carbocycles. The first-order chi connectivity index (χ1) is 10.2. The minimum atomic E-state index is 0.699. The van der Waals surface area contributed by atoms with Crippen molar-refractivity contribution < 1.29 is 0 Å². The van der Waals surface area contributed by atoms with E-state index in [-0.39, 0.29) is 0 Å². The van der Waals surface area contributed by atoms with Gasteiger partial charge in [-0.3, -0.25) is 0 Å². The third-order valence-electron chi connectivity index (χ3n) is 5.21. The molecule has 21 heavy (non-hydrogen) atoms. The Morgan fingerprint density at radius 2 is 1.86 bits per heavy atom. The molecular formula is C20H29N. The van der Waals surface area contributed by atoms with E-state index in [4.69, 9.17) is 5.26 Å². The molecule has 0 N–H and O–H groups in total. The minimum absolute atomic E-state index is 0.699. The van der Waals surface area contributed by atoms with Gasteiger partial charge in [0.1, 0.15) is 0 Å². The van der Waals surface area contributed by atoms with E-state index < -0.39 is 0 Å². The predicted octanol–water partition coefficient (Wildman–Crippen LogP) is 6.05. The number of unbranched alkanes of at least 4 members (excludes halogenated alkanes) is 3. The zero-order valence-electron chi connectivity index (χ0n) is 13.6. The Morgan fingerprint density at radius 3 is 2.48 bits per heavy atom. The van der Waals surface area contributed by atoms with Crippen LogP contribution in [-0.4, -0.2) is 0 Å². The summed E-state index contributed by atoms with van der Waals surface area (Å²) in [5, 5.41) is 8.90. The molecule has 1 nitrogen and oxygen atoms in total. The maximum Gasteiger partial charge on any atom is 0.0991 e. The summed E-state index contributed by atoms with van der Waals surface area (Å²) >= 11 is 0. The molecular weight excluding hydrogens is 254 g/mol. The predicted molar refractivity (Wildman–Crippen MR) is 89.2 cm³/mol. The second-order valence-corrected chi connectivity index (χ2v) is 6.85. The summed E-state index contributed by atoms with van der Waals surface area (Å²) in [6.45, 7) is 4.70. The average molecular weight is 283 g/mol. The molecule has 0 bridgehead atoms. The van der Waals surface area contributed by atoms with Crippen molar-refractivity contribution in [1.82, 2.24) is 0 Å². The van der Waals surface area contributed by atoms with Gasteiger partial charge in [-0.1, -0.05) is 58.1 Å². The van der Waals surface area contributed by atoms with Crippen LogP contribution in [0.25, 0.3) is 0 Å². The van der Waals surface area contributed by atoms with Gasteiger partial charge in [0.05, 0.1) is 11.6 Å². The van der Waals surface area contributed by atoms with Crippen molar-refractivity contribution in [2.45, 2.75) is 71.1 Å². The summed E-state index contributed by atoms with van der Waals surface area (Å²) in [6.07, 6.45) is 11.1. The lowest BCUT2D eigenvalue weighted by Crippen LogP contribution is -2.21. The van der Waals surface area contributed by atoms with E-state index in [9.17, 15) is 0 Å². The maximum absolute atomic E-state index is 8.90. The molecule has 3 atom stereocenters. The van der Waals surface area contributed by atoms with Gasteiger partial charge in [0.15, 0.2) is 0 Å². The van der Waals surface area contributed by atoms with E-state index >= 15 is 0 Å². The molecule has 0 saturated heterocycles. The van der Waals surface area contributed by atoms with Crippen LogP contribution in [0.15, 0.2) is 24.3 Å². The lowest BCUT2D eigenvalue weighted by atomic mass is 9.71. The Hall–Kier alpha value is -1.29. The lowest BCUT2D eigenvalue weighted by Gasteiger charge is -2.34. The van der Waals surface area contributed by atoms with Crippen LogP contribution >= 0.6 is 0 Å². The third kappa shape index (κ3) is 4.60. The monoisotopic (exact) mass is 283 g/mol. The van der Waals surface area contributed by atoms with Crippen molar-refractivity contribution >= 4 is 0 Å². The summed E-state index contributed by atoms with van der Waals surface area (Å²) in [6, 6.07) is 10.5. The zero-order chi connectivity index (χ0) is 15.1. The van der Waals surface area contributed by atoms with E-state index in [0.717, 1.165) is 17.4 Å². The molecule has 0 amide bonds. The molecule has 0 radical (unpaired) electrons. The fraction of sp³-hybridized carbons (Fsp3) is 0.650. The Balaban J connectivity index is 1.84. The number of hydrogen-bond donors (Lipinski definition) is 0. The standard InChI is InChI=1S/C20H29N/c1-3-4-5-6-7-17-10-13-20(16(2)14-17)19-11-8-18(15-21)9-12-19/h8-9,11-12,16-17,20H,3-7,10,13-14H2,1-2H3. The molecule has 0 spiro atoms. The highest BCUT2D eigenvalue weighted by molar-refractivity contribution is 5.33. The molecule has 0 aliphatic heterocycles. The highest BCUT2D eigenvalue weighted by atomic mass is 14.3. The van der Waals surface area contributed by atoms with Crippen LogP contribution in [0.5, 0.6) is 0 Å². The highest BCUT2D eigenvalue weighted by Gasteiger charge is 2.28. The summed E-state index contributed by atoms with van der Waals surface area (Å²) in [4.78, 5) is 0. The van der Waals surface area contributed by atoms with Crippen molar-refractivity contribution in [3.05, 3.63) is 35.4 Å². The van der Waals surface area contributed by atoms with Crippen molar-refractivity contribution in [2.75, 3.05) is 0 Å². The smallest absolute Gasteiger partial charge is 0.0991 e. The van der Waals surface area contributed by atoms with Crippen molar-refractivity contribution in [3.63, 3.8) is 0 Å². The lowest BCUT2D eigenvalue weighted by molar-refractivity contribution is 0.232. The second-order valence-electron chi connectivity index (χ2n) is 6.85. The normalized spacial score (nSPS) is 25.5. The molecule has 1 fully saturated rings. The van der Waals surface area contributed by atoms with Gasteiger partial charge in [0.2, 0.25) is 0 Å². The third-order valence-corrected chi connectivity index (χ3v) is 5.21. The second kappa shape index (κ2) is 8.23. The molecule has 3 unspecified atom stereocenters. The zero-order valence-corrected chi connectivity index (χ0v) is 13.6.